The molecule has 1 aliphatic rings. The van der Waals surface area contributed by atoms with Crippen molar-refractivity contribution in [3.63, 3.8) is 0 Å². The molecule has 4 amide bonds. The number of carbonyl (C=O) groups excluding carboxylic acids is 3. The molecule has 0 unspecified atom stereocenters. The topological polar surface area (TPSA) is 78.5 Å². The Hall–Kier alpha value is -2.37. The predicted octanol–water partition coefficient (Wildman–Crippen LogP) is 3.21. The van der Waals surface area contributed by atoms with Crippen molar-refractivity contribution < 1.29 is 14.4 Å². The minimum absolute atomic E-state index is 0.275. The molecule has 0 aliphatic carbocycles. The van der Waals surface area contributed by atoms with E-state index in [9.17, 15) is 14.4 Å². The van der Waals surface area contributed by atoms with Crippen LogP contribution in [0.15, 0.2) is 24.3 Å². The standard InChI is InChI=1S/C19H27N3O3/c1-4-5-6-7-12-19(3)17(24)22(18(25)21-19)13-16(23)20-15-10-8-14(2)9-11-15/h8-11H,4-7,12-13H2,1-3H3,(H,20,23)(H,21,25)/t19-/m1/s1. The molecular weight excluding hydrogens is 318 g/mol. The Labute approximate surface area is 149 Å². The average Bonchev–Trinajstić information content (AvgIpc) is 2.77. The van der Waals surface area contributed by atoms with E-state index in [0.29, 0.717) is 12.1 Å². The number of imide groups is 1. The van der Waals surface area contributed by atoms with Gasteiger partial charge in [-0.05, 0) is 32.4 Å². The summed E-state index contributed by atoms with van der Waals surface area (Å²) in [5, 5.41) is 5.45. The maximum absolute atomic E-state index is 12.6. The van der Waals surface area contributed by atoms with Crippen LogP contribution in [-0.4, -0.2) is 34.8 Å². The maximum Gasteiger partial charge on any atom is 0.325 e. The normalized spacial score (nSPS) is 19.9. The molecule has 0 aromatic heterocycles. The SMILES string of the molecule is CCCCCC[C@@]1(C)NC(=O)N(CC(=O)Nc2ccc(C)cc2)C1=O. The van der Waals surface area contributed by atoms with Gasteiger partial charge in [0.1, 0.15) is 12.1 Å². The van der Waals surface area contributed by atoms with Crippen LogP contribution in [0.5, 0.6) is 0 Å². The molecule has 0 bridgehead atoms. The minimum Gasteiger partial charge on any atom is -0.325 e. The Bertz CT molecular complexity index is 642. The summed E-state index contributed by atoms with van der Waals surface area (Å²) < 4.78 is 0. The Morgan fingerprint density at radius 2 is 1.84 bits per heavy atom. The van der Waals surface area contributed by atoms with Gasteiger partial charge in [-0.1, -0.05) is 50.3 Å². The van der Waals surface area contributed by atoms with Gasteiger partial charge in [0.2, 0.25) is 5.91 Å². The van der Waals surface area contributed by atoms with Gasteiger partial charge in [0.15, 0.2) is 0 Å². The van der Waals surface area contributed by atoms with Crippen LogP contribution in [0, 0.1) is 6.92 Å². The predicted molar refractivity (Wildman–Crippen MR) is 97.2 cm³/mol. The van der Waals surface area contributed by atoms with Crippen LogP contribution in [0.1, 0.15) is 51.5 Å². The van der Waals surface area contributed by atoms with Gasteiger partial charge in [-0.2, -0.15) is 0 Å². The minimum atomic E-state index is -0.908. The third-order valence-corrected chi connectivity index (χ3v) is 4.51. The Morgan fingerprint density at radius 3 is 2.48 bits per heavy atom. The molecule has 0 radical (unpaired) electrons. The fraction of sp³-hybridized carbons (Fsp3) is 0.526. The first-order valence-corrected chi connectivity index (χ1v) is 8.86. The van der Waals surface area contributed by atoms with Crippen LogP contribution in [0.25, 0.3) is 0 Å². The number of unbranched alkanes of at least 4 members (excludes halogenated alkanes) is 3. The third kappa shape index (κ3) is 4.81. The van der Waals surface area contributed by atoms with E-state index in [-0.39, 0.29) is 18.4 Å². The number of nitrogens with one attached hydrogen (secondary N) is 2. The lowest BCUT2D eigenvalue weighted by Gasteiger charge is -2.21. The van der Waals surface area contributed by atoms with E-state index in [1.807, 2.05) is 19.1 Å². The first-order chi connectivity index (χ1) is 11.9. The quantitative estimate of drug-likeness (QED) is 0.561. The molecule has 1 aliphatic heterocycles. The number of urea groups is 1. The molecule has 2 N–H and O–H groups in total. The number of hydrogen-bond donors (Lipinski definition) is 2. The highest BCUT2D eigenvalue weighted by Crippen LogP contribution is 2.24. The number of rotatable bonds is 8. The molecule has 1 aromatic carbocycles. The molecule has 0 spiro atoms. The number of amides is 4. The van der Waals surface area contributed by atoms with Crippen molar-refractivity contribution in [1.29, 1.82) is 0 Å². The van der Waals surface area contributed by atoms with E-state index >= 15 is 0 Å². The highest BCUT2D eigenvalue weighted by atomic mass is 16.2. The monoisotopic (exact) mass is 345 g/mol. The van der Waals surface area contributed by atoms with Gasteiger partial charge < -0.3 is 10.6 Å². The summed E-state index contributed by atoms with van der Waals surface area (Å²) in [6.45, 7) is 5.54. The fourth-order valence-electron chi connectivity index (χ4n) is 2.95. The molecule has 136 valence electrons. The summed E-state index contributed by atoms with van der Waals surface area (Å²) in [6.07, 6.45) is 4.72. The van der Waals surface area contributed by atoms with Crippen molar-refractivity contribution in [2.24, 2.45) is 0 Å². The molecule has 1 fully saturated rings. The van der Waals surface area contributed by atoms with E-state index in [1.165, 1.54) is 0 Å². The van der Waals surface area contributed by atoms with Gasteiger partial charge in [0.25, 0.3) is 5.91 Å². The summed E-state index contributed by atoms with van der Waals surface area (Å²) in [5.74, 6) is -0.712. The summed E-state index contributed by atoms with van der Waals surface area (Å²) in [7, 11) is 0. The van der Waals surface area contributed by atoms with Crippen LogP contribution >= 0.6 is 0 Å². The lowest BCUT2D eigenvalue weighted by Crippen LogP contribution is -2.44. The number of carbonyl (C=O) groups is 3. The summed E-state index contributed by atoms with van der Waals surface area (Å²) in [4.78, 5) is 37.9. The van der Waals surface area contributed by atoms with Gasteiger partial charge in [-0.15, -0.1) is 0 Å². The summed E-state index contributed by atoms with van der Waals surface area (Å²) in [5.41, 5.74) is 0.825. The maximum atomic E-state index is 12.6. The van der Waals surface area contributed by atoms with Gasteiger partial charge in [-0.3, -0.25) is 14.5 Å². The van der Waals surface area contributed by atoms with E-state index < -0.39 is 11.6 Å². The smallest absolute Gasteiger partial charge is 0.325 e. The molecule has 6 nitrogen and oxygen atoms in total. The van der Waals surface area contributed by atoms with Gasteiger partial charge in [0, 0.05) is 5.69 Å². The Kier molecular flexibility index (Phi) is 6.17. The van der Waals surface area contributed by atoms with E-state index in [2.05, 4.69) is 17.6 Å². The summed E-state index contributed by atoms with van der Waals surface area (Å²) >= 11 is 0. The second kappa shape index (κ2) is 8.14. The second-order valence-electron chi connectivity index (χ2n) is 6.88. The molecule has 1 aromatic rings. The molecule has 1 heterocycles. The van der Waals surface area contributed by atoms with Gasteiger partial charge in [-0.25, -0.2) is 4.79 Å². The lowest BCUT2D eigenvalue weighted by molar-refractivity contribution is -0.133. The van der Waals surface area contributed by atoms with Crippen molar-refractivity contribution in [2.45, 2.75) is 58.4 Å². The lowest BCUT2D eigenvalue weighted by atomic mass is 9.94. The first-order valence-electron chi connectivity index (χ1n) is 8.86. The zero-order valence-electron chi connectivity index (χ0n) is 15.2. The van der Waals surface area contributed by atoms with Crippen LogP contribution in [-0.2, 0) is 9.59 Å². The number of hydrogen-bond acceptors (Lipinski definition) is 3. The zero-order valence-corrected chi connectivity index (χ0v) is 15.2. The van der Waals surface area contributed by atoms with Gasteiger partial charge >= 0.3 is 6.03 Å². The molecule has 2 rings (SSSR count). The molecule has 1 atom stereocenters. The Balaban J connectivity index is 1.92. The molecule has 1 saturated heterocycles. The number of anilines is 1. The zero-order chi connectivity index (χ0) is 18.4. The number of aryl methyl sites for hydroxylation is 1. The van der Waals surface area contributed by atoms with Crippen molar-refractivity contribution in [3.05, 3.63) is 29.8 Å². The number of nitrogens with zero attached hydrogens (tertiary/aromatic N) is 1. The molecular formula is C19H27N3O3. The summed E-state index contributed by atoms with van der Waals surface area (Å²) in [6, 6.07) is 6.85. The van der Waals surface area contributed by atoms with Crippen LogP contribution in [0.2, 0.25) is 0 Å². The highest BCUT2D eigenvalue weighted by Gasteiger charge is 2.47. The van der Waals surface area contributed by atoms with Crippen LogP contribution in [0.3, 0.4) is 0 Å². The van der Waals surface area contributed by atoms with Crippen molar-refractivity contribution in [2.75, 3.05) is 11.9 Å². The van der Waals surface area contributed by atoms with Crippen molar-refractivity contribution in [1.82, 2.24) is 10.2 Å². The van der Waals surface area contributed by atoms with Crippen molar-refractivity contribution in [3.8, 4) is 0 Å². The van der Waals surface area contributed by atoms with Gasteiger partial charge in [0.05, 0.1) is 0 Å². The van der Waals surface area contributed by atoms with E-state index in [0.717, 1.165) is 36.1 Å². The van der Waals surface area contributed by atoms with Crippen LogP contribution in [0.4, 0.5) is 10.5 Å². The van der Waals surface area contributed by atoms with E-state index in [4.69, 9.17) is 0 Å². The largest absolute Gasteiger partial charge is 0.325 e. The van der Waals surface area contributed by atoms with Crippen LogP contribution < -0.4 is 10.6 Å². The molecule has 0 saturated carbocycles. The Morgan fingerprint density at radius 1 is 1.16 bits per heavy atom. The molecule has 25 heavy (non-hydrogen) atoms. The second-order valence-corrected chi connectivity index (χ2v) is 6.88. The highest BCUT2D eigenvalue weighted by molar-refractivity contribution is 6.09. The average molecular weight is 345 g/mol. The third-order valence-electron chi connectivity index (χ3n) is 4.51. The fourth-order valence-corrected chi connectivity index (χ4v) is 2.95. The molecule has 6 heteroatoms. The van der Waals surface area contributed by atoms with Crippen molar-refractivity contribution >= 4 is 23.5 Å². The van der Waals surface area contributed by atoms with E-state index in [1.54, 1.807) is 19.1 Å². The number of benzene rings is 1. The first kappa shape index (κ1) is 19.0.